The van der Waals surface area contributed by atoms with Crippen LogP contribution < -0.4 is 11.1 Å². The lowest BCUT2D eigenvalue weighted by Crippen LogP contribution is -2.40. The number of nitrogens with zero attached hydrogens (tertiary/aromatic N) is 1. The molecular weight excluding hydrogens is 354 g/mol. The predicted octanol–water partition coefficient (Wildman–Crippen LogP) is 1.15. The second-order valence-corrected chi connectivity index (χ2v) is 6.81. The monoisotopic (exact) mass is 377 g/mol. The minimum Gasteiger partial charge on any atom is -0.481 e. The summed E-state index contributed by atoms with van der Waals surface area (Å²) < 4.78 is 0. The molecule has 0 atom stereocenters. The third kappa shape index (κ3) is 5.80. The van der Waals surface area contributed by atoms with Crippen molar-refractivity contribution >= 4 is 35.0 Å². The molecule has 140 valence electrons. The van der Waals surface area contributed by atoms with Crippen molar-refractivity contribution in [1.82, 2.24) is 10.2 Å². The summed E-state index contributed by atoms with van der Waals surface area (Å²) in [5.41, 5.74) is 6.69. The maximum Gasteiger partial charge on any atom is 0.303 e. The molecular formula is C18H23N3O4S. The Bertz CT molecular complexity index is 682. The van der Waals surface area contributed by atoms with Crippen LogP contribution in [0.4, 0.5) is 0 Å². The van der Waals surface area contributed by atoms with E-state index < -0.39 is 5.97 Å². The minimum absolute atomic E-state index is 0.0251. The quantitative estimate of drug-likeness (QED) is 0.615. The molecule has 1 aliphatic heterocycles. The van der Waals surface area contributed by atoms with Crippen molar-refractivity contribution in [3.05, 3.63) is 35.4 Å². The Hall–Kier alpha value is -2.48. The molecule has 26 heavy (non-hydrogen) atoms. The molecule has 1 aliphatic rings. The molecule has 1 heterocycles. The van der Waals surface area contributed by atoms with Crippen LogP contribution in [-0.2, 0) is 9.59 Å². The molecule has 7 nitrogen and oxygen atoms in total. The molecule has 0 saturated carbocycles. The smallest absolute Gasteiger partial charge is 0.303 e. The number of amides is 2. The normalized spacial score (nSPS) is 14.7. The number of thiocarbonyl (C=S) groups is 1. The van der Waals surface area contributed by atoms with Gasteiger partial charge in [-0.3, -0.25) is 14.4 Å². The van der Waals surface area contributed by atoms with Gasteiger partial charge in [0.25, 0.3) is 5.91 Å². The molecule has 8 heteroatoms. The first kappa shape index (κ1) is 19.8. The van der Waals surface area contributed by atoms with Gasteiger partial charge in [-0.2, -0.15) is 0 Å². The average Bonchev–Trinajstić information content (AvgIpc) is 2.61. The number of benzene rings is 1. The van der Waals surface area contributed by atoms with Crippen LogP contribution in [0.2, 0.25) is 0 Å². The number of carbonyl (C=O) groups excluding carboxylic acids is 2. The molecule has 1 saturated heterocycles. The van der Waals surface area contributed by atoms with Gasteiger partial charge >= 0.3 is 5.97 Å². The number of likely N-dealkylation sites (tertiary alicyclic amines) is 1. The Morgan fingerprint density at radius 3 is 2.27 bits per heavy atom. The third-order valence-corrected chi connectivity index (χ3v) is 4.72. The Morgan fingerprint density at radius 2 is 1.73 bits per heavy atom. The molecule has 0 bridgehead atoms. The lowest BCUT2D eigenvalue weighted by Gasteiger charge is -2.31. The van der Waals surface area contributed by atoms with Gasteiger partial charge in [-0.05, 0) is 30.9 Å². The van der Waals surface area contributed by atoms with Crippen LogP contribution in [0, 0.1) is 5.92 Å². The SMILES string of the molecule is NC(=S)c1ccc(C(=O)NCCC(=O)N2CCC(CC(=O)O)CC2)cc1. The summed E-state index contributed by atoms with van der Waals surface area (Å²) in [6, 6.07) is 6.64. The maximum absolute atomic E-state index is 12.2. The summed E-state index contributed by atoms with van der Waals surface area (Å²) in [6.07, 6.45) is 1.80. The molecule has 0 unspecified atom stereocenters. The highest BCUT2D eigenvalue weighted by Crippen LogP contribution is 2.20. The van der Waals surface area contributed by atoms with Crippen LogP contribution in [0.5, 0.6) is 0 Å². The Balaban J connectivity index is 1.72. The molecule has 0 aliphatic carbocycles. The number of aliphatic carboxylic acids is 1. The summed E-state index contributed by atoms with van der Waals surface area (Å²) in [4.78, 5) is 37.0. The molecule has 4 N–H and O–H groups in total. The van der Waals surface area contributed by atoms with Crippen LogP contribution in [0.25, 0.3) is 0 Å². The largest absolute Gasteiger partial charge is 0.481 e. The Morgan fingerprint density at radius 1 is 1.15 bits per heavy atom. The highest BCUT2D eigenvalue weighted by atomic mass is 32.1. The first-order valence-corrected chi connectivity index (χ1v) is 8.95. The minimum atomic E-state index is -0.793. The van der Waals surface area contributed by atoms with Crippen LogP contribution >= 0.6 is 12.2 Å². The highest BCUT2D eigenvalue weighted by Gasteiger charge is 2.24. The summed E-state index contributed by atoms with van der Waals surface area (Å²) in [7, 11) is 0. The van der Waals surface area contributed by atoms with E-state index >= 15 is 0 Å². The van der Waals surface area contributed by atoms with E-state index in [9.17, 15) is 14.4 Å². The van der Waals surface area contributed by atoms with E-state index in [1.807, 2.05) is 0 Å². The van der Waals surface area contributed by atoms with E-state index in [0.717, 1.165) is 0 Å². The number of carbonyl (C=O) groups is 3. The van der Waals surface area contributed by atoms with Gasteiger partial charge in [0.05, 0.1) is 0 Å². The molecule has 1 fully saturated rings. The van der Waals surface area contributed by atoms with Gasteiger partial charge in [-0.25, -0.2) is 0 Å². The number of hydrogen-bond acceptors (Lipinski definition) is 4. The van der Waals surface area contributed by atoms with E-state index in [4.69, 9.17) is 23.1 Å². The zero-order valence-corrected chi connectivity index (χ0v) is 15.3. The number of rotatable bonds is 7. The van der Waals surface area contributed by atoms with Crippen molar-refractivity contribution in [2.45, 2.75) is 25.7 Å². The topological polar surface area (TPSA) is 113 Å². The summed E-state index contributed by atoms with van der Waals surface area (Å²) >= 11 is 4.87. The van der Waals surface area contributed by atoms with E-state index in [-0.39, 0.29) is 42.1 Å². The lowest BCUT2D eigenvalue weighted by atomic mass is 9.93. The van der Waals surface area contributed by atoms with Gasteiger partial charge in [0.15, 0.2) is 0 Å². The molecule has 1 aromatic rings. The zero-order valence-electron chi connectivity index (χ0n) is 14.4. The number of nitrogens with two attached hydrogens (primary N) is 1. The van der Waals surface area contributed by atoms with Gasteiger partial charge < -0.3 is 21.1 Å². The van der Waals surface area contributed by atoms with Crippen molar-refractivity contribution in [1.29, 1.82) is 0 Å². The van der Waals surface area contributed by atoms with Crippen LogP contribution in [0.3, 0.4) is 0 Å². The van der Waals surface area contributed by atoms with Crippen LogP contribution in [-0.4, -0.2) is 52.4 Å². The van der Waals surface area contributed by atoms with Crippen molar-refractivity contribution in [3.63, 3.8) is 0 Å². The van der Waals surface area contributed by atoms with E-state index in [1.165, 1.54) is 0 Å². The Kier molecular flexibility index (Phi) is 7.08. The number of nitrogens with one attached hydrogen (secondary N) is 1. The Labute approximate surface area is 157 Å². The number of piperidine rings is 1. The average molecular weight is 377 g/mol. The third-order valence-electron chi connectivity index (χ3n) is 4.49. The van der Waals surface area contributed by atoms with Crippen molar-refractivity contribution in [2.24, 2.45) is 11.7 Å². The molecule has 2 amide bonds. The molecule has 0 aromatic heterocycles. The van der Waals surface area contributed by atoms with E-state index in [0.29, 0.717) is 37.1 Å². The van der Waals surface area contributed by atoms with Gasteiger partial charge in [0.2, 0.25) is 5.91 Å². The lowest BCUT2D eigenvalue weighted by molar-refractivity contribution is -0.138. The maximum atomic E-state index is 12.2. The highest BCUT2D eigenvalue weighted by molar-refractivity contribution is 7.80. The zero-order chi connectivity index (χ0) is 19.1. The molecule has 0 spiro atoms. The standard InChI is InChI=1S/C18H23N3O4S/c19-17(26)13-1-3-14(4-2-13)18(25)20-8-5-15(22)21-9-6-12(7-10-21)11-16(23)24/h1-4,12H,5-11H2,(H2,19,26)(H,20,25)(H,23,24). The van der Waals surface area contributed by atoms with Gasteiger partial charge in [0, 0.05) is 43.6 Å². The van der Waals surface area contributed by atoms with Crippen molar-refractivity contribution in [2.75, 3.05) is 19.6 Å². The van der Waals surface area contributed by atoms with Gasteiger partial charge in [-0.1, -0.05) is 24.4 Å². The van der Waals surface area contributed by atoms with Gasteiger partial charge in [-0.15, -0.1) is 0 Å². The molecule has 1 aromatic carbocycles. The van der Waals surface area contributed by atoms with Crippen LogP contribution in [0.15, 0.2) is 24.3 Å². The van der Waals surface area contributed by atoms with Crippen molar-refractivity contribution in [3.8, 4) is 0 Å². The fraction of sp³-hybridized carbons (Fsp3) is 0.444. The van der Waals surface area contributed by atoms with Crippen LogP contribution in [0.1, 0.15) is 41.6 Å². The fourth-order valence-corrected chi connectivity index (χ4v) is 3.10. The number of carboxylic acid groups (broad SMARTS) is 1. The van der Waals surface area contributed by atoms with Gasteiger partial charge in [0.1, 0.15) is 4.99 Å². The fourth-order valence-electron chi connectivity index (χ4n) is 2.96. The number of carboxylic acids is 1. The summed E-state index contributed by atoms with van der Waals surface area (Å²) in [5.74, 6) is -0.935. The predicted molar refractivity (Wildman–Crippen MR) is 101 cm³/mol. The first-order valence-electron chi connectivity index (χ1n) is 8.54. The summed E-state index contributed by atoms with van der Waals surface area (Å²) in [6.45, 7) is 1.40. The number of hydrogen-bond donors (Lipinski definition) is 3. The summed E-state index contributed by atoms with van der Waals surface area (Å²) in [5, 5.41) is 11.5. The second-order valence-electron chi connectivity index (χ2n) is 6.37. The first-order chi connectivity index (χ1) is 12.4. The molecule has 2 rings (SSSR count). The molecule has 0 radical (unpaired) electrons. The van der Waals surface area contributed by atoms with E-state index in [1.54, 1.807) is 29.2 Å². The second kappa shape index (κ2) is 9.28. The van der Waals surface area contributed by atoms with Crippen molar-refractivity contribution < 1.29 is 19.5 Å². The van der Waals surface area contributed by atoms with E-state index in [2.05, 4.69) is 5.32 Å².